The van der Waals surface area contributed by atoms with Crippen LogP contribution in [-0.2, 0) is 0 Å². The van der Waals surface area contributed by atoms with Gasteiger partial charge in [0.2, 0.25) is 0 Å². The average Bonchev–Trinajstić information content (AvgIpc) is 3.05. The molecule has 0 aromatic rings. The monoisotopic (exact) mass is 336 g/mol. The van der Waals surface area contributed by atoms with E-state index in [4.69, 9.17) is 0 Å². The van der Waals surface area contributed by atoms with Gasteiger partial charge in [0.1, 0.15) is 0 Å². The fraction of sp³-hybridized carbons (Fsp3) is 0.478. The molecule has 3 aliphatic rings. The molecule has 0 spiro atoms. The molecule has 1 aliphatic heterocycles. The van der Waals surface area contributed by atoms with E-state index in [1.807, 2.05) is 0 Å². The fourth-order valence-electron chi connectivity index (χ4n) is 3.80. The summed E-state index contributed by atoms with van der Waals surface area (Å²) < 4.78 is 0. The number of nitrogens with zero attached hydrogens (tertiary/aromatic N) is 1. The maximum atomic E-state index is 3.49. The number of hydrogen-bond acceptors (Lipinski definition) is 2. The molecule has 2 aliphatic carbocycles. The Morgan fingerprint density at radius 1 is 1.28 bits per heavy atom. The summed E-state index contributed by atoms with van der Waals surface area (Å²) in [6.07, 6.45) is 21.5. The zero-order valence-corrected chi connectivity index (χ0v) is 16.2. The maximum Gasteiger partial charge on any atom is 0.0562 e. The lowest BCUT2D eigenvalue weighted by Crippen LogP contribution is -2.34. The molecule has 1 fully saturated rings. The molecule has 0 radical (unpaired) electrons. The van der Waals surface area contributed by atoms with Crippen LogP contribution < -0.4 is 5.43 Å². The van der Waals surface area contributed by atoms with E-state index >= 15 is 0 Å². The standard InChI is InChI=1S/C23H32N2/c1-6-16(3)20(23(7-2)25-14-13-17(4)24-25)10-8-9-19-11-12-21-18(5)22(21)15-19/h7-18,21-22,24H,6H2,1-5H3/b9-8+,20-10-,23-7+. The molecule has 0 bridgehead atoms. The van der Waals surface area contributed by atoms with Gasteiger partial charge in [-0.05, 0) is 61.2 Å². The van der Waals surface area contributed by atoms with Crippen molar-refractivity contribution in [3.8, 4) is 0 Å². The van der Waals surface area contributed by atoms with Gasteiger partial charge in [0, 0.05) is 12.2 Å². The van der Waals surface area contributed by atoms with Crippen LogP contribution in [0.3, 0.4) is 0 Å². The first-order valence-corrected chi connectivity index (χ1v) is 9.73. The van der Waals surface area contributed by atoms with Gasteiger partial charge in [0.25, 0.3) is 0 Å². The largest absolute Gasteiger partial charge is 0.284 e. The zero-order chi connectivity index (χ0) is 18.0. The van der Waals surface area contributed by atoms with E-state index in [2.05, 4.69) is 99.9 Å². The molecule has 5 unspecified atom stereocenters. The number of nitrogens with one attached hydrogen (secondary N) is 1. The Morgan fingerprint density at radius 3 is 2.68 bits per heavy atom. The highest BCUT2D eigenvalue weighted by Crippen LogP contribution is 2.50. The minimum Gasteiger partial charge on any atom is -0.284 e. The summed E-state index contributed by atoms with van der Waals surface area (Å²) in [5.74, 6) is 2.92. The first-order valence-electron chi connectivity index (χ1n) is 9.73. The molecular formula is C23H32N2. The molecule has 1 N–H and O–H groups in total. The number of hydrogen-bond donors (Lipinski definition) is 1. The Morgan fingerprint density at radius 2 is 2.08 bits per heavy atom. The van der Waals surface area contributed by atoms with Crippen molar-refractivity contribution in [1.29, 1.82) is 0 Å². The van der Waals surface area contributed by atoms with Crippen molar-refractivity contribution in [1.82, 2.24) is 10.4 Å². The third-order valence-electron chi connectivity index (χ3n) is 5.82. The third kappa shape index (κ3) is 3.90. The molecule has 0 saturated heterocycles. The SMILES string of the molecule is C\C=C(/C(=C\C=C\C1=CC2C(C)C2C=C1)C(C)CC)N1C=CC(C)N1. The second-order valence-corrected chi connectivity index (χ2v) is 7.63. The Kier molecular flexibility index (Phi) is 5.48. The molecule has 3 rings (SSSR count). The molecule has 134 valence electrons. The van der Waals surface area contributed by atoms with Crippen molar-refractivity contribution < 1.29 is 0 Å². The van der Waals surface area contributed by atoms with E-state index in [-0.39, 0.29) is 0 Å². The Hall–Kier alpha value is -1.80. The number of hydrazine groups is 1. The normalized spacial score (nSPS) is 33.0. The van der Waals surface area contributed by atoms with Crippen molar-refractivity contribution in [3.63, 3.8) is 0 Å². The Labute approximate surface area is 153 Å². The maximum absolute atomic E-state index is 3.49. The van der Waals surface area contributed by atoms with Crippen LogP contribution in [0.2, 0.25) is 0 Å². The highest BCUT2D eigenvalue weighted by Gasteiger charge is 2.44. The fourth-order valence-corrected chi connectivity index (χ4v) is 3.80. The predicted molar refractivity (Wildman–Crippen MR) is 107 cm³/mol. The molecule has 2 nitrogen and oxygen atoms in total. The molecule has 5 atom stereocenters. The Balaban J connectivity index is 1.77. The Bertz CT molecular complexity index is 674. The summed E-state index contributed by atoms with van der Waals surface area (Å²) in [6.45, 7) is 11.2. The van der Waals surface area contributed by atoms with Gasteiger partial charge in [-0.1, -0.05) is 63.3 Å². The number of allylic oxidation sites excluding steroid dienone is 9. The van der Waals surface area contributed by atoms with Gasteiger partial charge in [0.15, 0.2) is 0 Å². The molecular weight excluding hydrogens is 304 g/mol. The van der Waals surface area contributed by atoms with Gasteiger partial charge in [-0.25, -0.2) is 5.43 Å². The summed E-state index contributed by atoms with van der Waals surface area (Å²) in [4.78, 5) is 0. The molecule has 0 aromatic carbocycles. The summed E-state index contributed by atoms with van der Waals surface area (Å²) >= 11 is 0. The van der Waals surface area contributed by atoms with Crippen LogP contribution in [0.4, 0.5) is 0 Å². The molecule has 0 amide bonds. The molecule has 2 heteroatoms. The van der Waals surface area contributed by atoms with Gasteiger partial charge in [0.05, 0.1) is 5.70 Å². The smallest absolute Gasteiger partial charge is 0.0562 e. The van der Waals surface area contributed by atoms with Crippen LogP contribution in [0, 0.1) is 23.7 Å². The van der Waals surface area contributed by atoms with E-state index < -0.39 is 0 Å². The molecule has 25 heavy (non-hydrogen) atoms. The minimum atomic E-state index is 0.384. The second-order valence-electron chi connectivity index (χ2n) is 7.63. The third-order valence-corrected chi connectivity index (χ3v) is 5.82. The van der Waals surface area contributed by atoms with Crippen molar-refractivity contribution in [3.05, 3.63) is 71.7 Å². The second kappa shape index (κ2) is 7.61. The first kappa shape index (κ1) is 18.0. The topological polar surface area (TPSA) is 15.3 Å². The van der Waals surface area contributed by atoms with E-state index in [0.717, 1.165) is 24.2 Å². The highest BCUT2D eigenvalue weighted by atomic mass is 15.5. The van der Waals surface area contributed by atoms with Crippen LogP contribution in [0.1, 0.15) is 41.0 Å². The van der Waals surface area contributed by atoms with Crippen LogP contribution in [-0.4, -0.2) is 11.1 Å². The highest BCUT2D eigenvalue weighted by molar-refractivity contribution is 5.42. The van der Waals surface area contributed by atoms with E-state index in [1.54, 1.807) is 0 Å². The van der Waals surface area contributed by atoms with Crippen LogP contribution in [0.5, 0.6) is 0 Å². The van der Waals surface area contributed by atoms with E-state index in [0.29, 0.717) is 12.0 Å². The average molecular weight is 337 g/mol. The van der Waals surface area contributed by atoms with Crippen LogP contribution in [0.25, 0.3) is 0 Å². The van der Waals surface area contributed by atoms with Crippen molar-refractivity contribution in [2.75, 3.05) is 0 Å². The molecule has 1 saturated carbocycles. The van der Waals surface area contributed by atoms with Crippen molar-refractivity contribution >= 4 is 0 Å². The number of fused-ring (bicyclic) bond motifs is 1. The lowest BCUT2D eigenvalue weighted by molar-refractivity contribution is 0.345. The summed E-state index contributed by atoms with van der Waals surface area (Å²) in [5, 5.41) is 2.16. The summed E-state index contributed by atoms with van der Waals surface area (Å²) in [7, 11) is 0. The van der Waals surface area contributed by atoms with Gasteiger partial charge < -0.3 is 0 Å². The molecule has 1 heterocycles. The lowest BCUT2D eigenvalue weighted by atomic mass is 9.94. The quantitative estimate of drug-likeness (QED) is 0.643. The molecule has 0 aromatic heterocycles. The van der Waals surface area contributed by atoms with Gasteiger partial charge in [-0.3, -0.25) is 5.01 Å². The van der Waals surface area contributed by atoms with Gasteiger partial charge in [-0.15, -0.1) is 0 Å². The van der Waals surface area contributed by atoms with E-state index in [9.17, 15) is 0 Å². The van der Waals surface area contributed by atoms with Crippen LogP contribution in [0.15, 0.2) is 71.7 Å². The summed E-state index contributed by atoms with van der Waals surface area (Å²) in [5.41, 5.74) is 7.47. The van der Waals surface area contributed by atoms with Crippen molar-refractivity contribution in [2.45, 2.75) is 47.1 Å². The van der Waals surface area contributed by atoms with E-state index in [1.165, 1.54) is 16.8 Å². The van der Waals surface area contributed by atoms with Gasteiger partial charge >= 0.3 is 0 Å². The van der Waals surface area contributed by atoms with Gasteiger partial charge in [-0.2, -0.15) is 0 Å². The lowest BCUT2D eigenvalue weighted by Gasteiger charge is -2.26. The predicted octanol–water partition coefficient (Wildman–Crippen LogP) is 5.52. The van der Waals surface area contributed by atoms with Crippen molar-refractivity contribution in [2.24, 2.45) is 23.7 Å². The number of rotatable bonds is 6. The minimum absolute atomic E-state index is 0.384. The zero-order valence-electron chi connectivity index (χ0n) is 16.2. The van der Waals surface area contributed by atoms with Crippen LogP contribution >= 0.6 is 0 Å². The first-order chi connectivity index (χ1) is 12.0. The summed E-state index contributed by atoms with van der Waals surface area (Å²) in [6, 6.07) is 0.384.